The molecule has 0 bridgehead atoms. The van der Waals surface area contributed by atoms with Crippen LogP contribution in [-0.2, 0) is 0 Å². The Hall–Kier alpha value is -2.21. The van der Waals surface area contributed by atoms with Gasteiger partial charge in [-0.25, -0.2) is 9.18 Å². The Bertz CT molecular complexity index is 964. The molecule has 2 fully saturated rings. The summed E-state index contributed by atoms with van der Waals surface area (Å²) in [7, 11) is 0. The van der Waals surface area contributed by atoms with Crippen LogP contribution in [0.15, 0.2) is 23.1 Å². The molecular formula is C22H27FN2O3. The molecule has 0 amide bonds. The zero-order chi connectivity index (χ0) is 19.8. The van der Waals surface area contributed by atoms with Crippen LogP contribution in [0.5, 0.6) is 0 Å². The monoisotopic (exact) mass is 386 g/mol. The molecule has 1 heterocycles. The molecule has 2 atom stereocenters. The maximum absolute atomic E-state index is 15.0. The Morgan fingerprint density at radius 2 is 2.07 bits per heavy atom. The summed E-state index contributed by atoms with van der Waals surface area (Å²) < 4.78 is 16.8. The summed E-state index contributed by atoms with van der Waals surface area (Å²) in [6, 6.07) is 3.28. The third-order valence-corrected chi connectivity index (χ3v) is 6.16. The van der Waals surface area contributed by atoms with Crippen molar-refractivity contribution in [2.45, 2.75) is 57.4 Å². The smallest absolute Gasteiger partial charge is 0.341 e. The second-order valence-electron chi connectivity index (χ2n) is 8.29. The molecule has 2 aliphatic carbocycles. The lowest BCUT2D eigenvalue weighted by molar-refractivity contribution is 0.0695. The lowest BCUT2D eigenvalue weighted by atomic mass is 9.94. The SMILES string of the molecule is CCCNCC1CCC(c2cc3c(cc2F)c(=O)c(C(=O)O)cn3C2CC2)C1. The van der Waals surface area contributed by atoms with Gasteiger partial charge < -0.3 is 15.0 Å². The van der Waals surface area contributed by atoms with Crippen LogP contribution in [0.25, 0.3) is 10.9 Å². The first-order chi connectivity index (χ1) is 13.5. The second kappa shape index (κ2) is 7.66. The van der Waals surface area contributed by atoms with Gasteiger partial charge in [-0.05, 0) is 81.1 Å². The van der Waals surface area contributed by atoms with Gasteiger partial charge in [0.05, 0.1) is 5.52 Å². The van der Waals surface area contributed by atoms with Crippen molar-refractivity contribution >= 4 is 16.9 Å². The van der Waals surface area contributed by atoms with Crippen LogP contribution in [0.3, 0.4) is 0 Å². The van der Waals surface area contributed by atoms with Gasteiger partial charge in [-0.15, -0.1) is 0 Å². The first kappa shape index (κ1) is 19.1. The standard InChI is InChI=1S/C22H27FN2O3/c1-2-7-24-11-13-3-4-14(8-13)16-10-20-17(9-19(16)23)21(26)18(22(27)28)12-25(20)15-5-6-15/h9-10,12-15,24H,2-8,11H2,1H3,(H,27,28). The minimum Gasteiger partial charge on any atom is -0.477 e. The molecule has 1 aromatic heterocycles. The highest BCUT2D eigenvalue weighted by Gasteiger charge is 2.30. The predicted octanol–water partition coefficient (Wildman–Crippen LogP) is 4.06. The second-order valence-corrected chi connectivity index (χ2v) is 8.29. The van der Waals surface area contributed by atoms with Gasteiger partial charge in [0.15, 0.2) is 0 Å². The van der Waals surface area contributed by atoms with E-state index < -0.39 is 11.4 Å². The molecule has 6 heteroatoms. The highest BCUT2D eigenvalue weighted by Crippen LogP contribution is 2.41. The number of aromatic nitrogens is 1. The van der Waals surface area contributed by atoms with E-state index in [9.17, 15) is 19.1 Å². The maximum Gasteiger partial charge on any atom is 0.341 e. The van der Waals surface area contributed by atoms with Crippen molar-refractivity contribution in [3.63, 3.8) is 0 Å². The number of carboxylic acid groups (broad SMARTS) is 1. The fourth-order valence-electron chi connectivity index (χ4n) is 4.53. The third kappa shape index (κ3) is 3.58. The molecule has 0 saturated heterocycles. The van der Waals surface area contributed by atoms with Gasteiger partial charge >= 0.3 is 5.97 Å². The summed E-state index contributed by atoms with van der Waals surface area (Å²) in [4.78, 5) is 24.0. The molecule has 2 unspecified atom stereocenters. The molecular weight excluding hydrogens is 359 g/mol. The number of halogens is 1. The summed E-state index contributed by atoms with van der Waals surface area (Å²) in [5.74, 6) is -0.947. The van der Waals surface area contributed by atoms with Crippen molar-refractivity contribution in [2.75, 3.05) is 13.1 Å². The van der Waals surface area contributed by atoms with E-state index in [2.05, 4.69) is 12.2 Å². The minimum atomic E-state index is -1.26. The average Bonchev–Trinajstić information content (AvgIpc) is 3.40. The zero-order valence-electron chi connectivity index (χ0n) is 16.2. The number of aromatic carboxylic acids is 1. The summed E-state index contributed by atoms with van der Waals surface area (Å²) in [5.41, 5.74) is 0.455. The number of benzene rings is 1. The first-order valence-corrected chi connectivity index (χ1v) is 10.3. The van der Waals surface area contributed by atoms with Gasteiger partial charge in [-0.2, -0.15) is 0 Å². The number of rotatable bonds is 7. The van der Waals surface area contributed by atoms with E-state index in [0.717, 1.165) is 51.6 Å². The van der Waals surface area contributed by atoms with E-state index >= 15 is 0 Å². The first-order valence-electron chi connectivity index (χ1n) is 10.3. The molecule has 150 valence electrons. The molecule has 0 radical (unpaired) electrons. The molecule has 1 aromatic carbocycles. The van der Waals surface area contributed by atoms with E-state index in [1.807, 2.05) is 10.6 Å². The van der Waals surface area contributed by atoms with E-state index in [0.29, 0.717) is 17.0 Å². The molecule has 2 N–H and O–H groups in total. The molecule has 0 aliphatic heterocycles. The lowest BCUT2D eigenvalue weighted by Crippen LogP contribution is -2.22. The van der Waals surface area contributed by atoms with Crippen LogP contribution in [0.2, 0.25) is 0 Å². The summed E-state index contributed by atoms with van der Waals surface area (Å²) >= 11 is 0. The number of hydrogen-bond donors (Lipinski definition) is 2. The highest BCUT2D eigenvalue weighted by atomic mass is 19.1. The van der Waals surface area contributed by atoms with Crippen LogP contribution < -0.4 is 10.7 Å². The molecule has 0 spiro atoms. The van der Waals surface area contributed by atoms with Gasteiger partial charge in [0.1, 0.15) is 11.4 Å². The van der Waals surface area contributed by atoms with Crippen LogP contribution in [0, 0.1) is 11.7 Å². The Morgan fingerprint density at radius 1 is 1.29 bits per heavy atom. The largest absolute Gasteiger partial charge is 0.477 e. The van der Waals surface area contributed by atoms with Crippen molar-refractivity contribution in [1.29, 1.82) is 0 Å². The Kier molecular flexibility index (Phi) is 5.23. The molecule has 5 nitrogen and oxygen atoms in total. The van der Waals surface area contributed by atoms with Crippen LogP contribution in [0.1, 0.15) is 73.3 Å². The fraction of sp³-hybridized carbons (Fsp3) is 0.545. The topological polar surface area (TPSA) is 71.3 Å². The summed E-state index contributed by atoms with van der Waals surface area (Å²) in [6.45, 7) is 4.11. The van der Waals surface area contributed by atoms with Crippen molar-refractivity contribution in [1.82, 2.24) is 9.88 Å². The van der Waals surface area contributed by atoms with E-state index in [4.69, 9.17) is 0 Å². The highest BCUT2D eigenvalue weighted by molar-refractivity contribution is 5.92. The minimum absolute atomic E-state index is 0.153. The van der Waals surface area contributed by atoms with Crippen molar-refractivity contribution in [3.8, 4) is 0 Å². The lowest BCUT2D eigenvalue weighted by Gasteiger charge is -2.17. The average molecular weight is 386 g/mol. The van der Waals surface area contributed by atoms with Crippen LogP contribution in [0.4, 0.5) is 4.39 Å². The zero-order valence-corrected chi connectivity index (χ0v) is 16.2. The van der Waals surface area contributed by atoms with E-state index in [1.54, 1.807) is 0 Å². The normalized spacial score (nSPS) is 22.1. The Morgan fingerprint density at radius 3 is 2.75 bits per heavy atom. The number of hydrogen-bond acceptors (Lipinski definition) is 3. The van der Waals surface area contributed by atoms with Crippen LogP contribution in [-0.4, -0.2) is 28.7 Å². The van der Waals surface area contributed by atoms with E-state index in [1.165, 1.54) is 12.3 Å². The van der Waals surface area contributed by atoms with Crippen molar-refractivity contribution < 1.29 is 14.3 Å². The number of nitrogens with one attached hydrogen (secondary N) is 1. The van der Waals surface area contributed by atoms with Gasteiger partial charge in [0.2, 0.25) is 5.43 Å². The third-order valence-electron chi connectivity index (χ3n) is 6.16. The fourth-order valence-corrected chi connectivity index (χ4v) is 4.53. The van der Waals surface area contributed by atoms with Crippen molar-refractivity contribution in [3.05, 3.63) is 45.5 Å². The van der Waals surface area contributed by atoms with Crippen molar-refractivity contribution in [2.24, 2.45) is 5.92 Å². The Balaban J connectivity index is 1.70. The van der Waals surface area contributed by atoms with Gasteiger partial charge in [-0.1, -0.05) is 6.92 Å². The number of pyridine rings is 1. The number of fused-ring (bicyclic) bond motifs is 1. The van der Waals surface area contributed by atoms with Gasteiger partial charge in [0.25, 0.3) is 0 Å². The van der Waals surface area contributed by atoms with Gasteiger partial charge in [0, 0.05) is 17.6 Å². The number of nitrogens with zero attached hydrogens (tertiary/aromatic N) is 1. The molecule has 2 saturated carbocycles. The van der Waals surface area contributed by atoms with Gasteiger partial charge in [-0.3, -0.25) is 4.79 Å². The summed E-state index contributed by atoms with van der Waals surface area (Å²) in [6.07, 6.45) is 7.43. The van der Waals surface area contributed by atoms with E-state index in [-0.39, 0.29) is 28.7 Å². The molecule has 2 aromatic rings. The maximum atomic E-state index is 15.0. The summed E-state index contributed by atoms with van der Waals surface area (Å²) in [5, 5.41) is 13.0. The number of carbonyl (C=O) groups is 1. The molecule has 4 rings (SSSR count). The number of carboxylic acids is 1. The Labute approximate surface area is 163 Å². The van der Waals surface area contributed by atoms with Crippen LogP contribution >= 0.6 is 0 Å². The molecule has 28 heavy (non-hydrogen) atoms. The predicted molar refractivity (Wildman–Crippen MR) is 107 cm³/mol. The quantitative estimate of drug-likeness (QED) is 0.704. The molecule has 2 aliphatic rings.